The Morgan fingerprint density at radius 3 is 2.79 bits per heavy atom. The Labute approximate surface area is 170 Å². The van der Waals surface area contributed by atoms with Gasteiger partial charge >= 0.3 is 0 Å². The van der Waals surface area contributed by atoms with Gasteiger partial charge in [0.25, 0.3) is 5.91 Å². The second kappa shape index (κ2) is 9.06. The predicted octanol–water partition coefficient (Wildman–Crippen LogP) is 3.91. The van der Waals surface area contributed by atoms with Crippen molar-refractivity contribution in [1.82, 2.24) is 5.32 Å². The molecule has 0 fully saturated rings. The first-order valence-electron chi connectivity index (χ1n) is 9.36. The van der Waals surface area contributed by atoms with Crippen molar-refractivity contribution < 1.29 is 19.0 Å². The number of hydrogen-bond donors (Lipinski definition) is 2. The molecule has 3 rings (SSSR count). The Balaban J connectivity index is 1.77. The van der Waals surface area contributed by atoms with Gasteiger partial charge < -0.3 is 24.8 Å². The van der Waals surface area contributed by atoms with E-state index >= 15 is 0 Å². The normalized spacial score (nSPS) is 15.2. The third-order valence-corrected chi connectivity index (χ3v) is 4.71. The lowest BCUT2D eigenvalue weighted by molar-refractivity contribution is 0.0912. The highest BCUT2D eigenvalue weighted by molar-refractivity contribution is 6.31. The number of carbonyl (C=O) groups excluding carboxylic acids is 1. The SMILES string of the molecule is CCNc1cc2c(cc1OCC)OCC(NC(=O)c1cc(Cl)ccc1OC)C2. The van der Waals surface area contributed by atoms with Crippen LogP contribution in [0.15, 0.2) is 30.3 Å². The minimum atomic E-state index is -0.241. The molecule has 0 saturated heterocycles. The molecule has 0 radical (unpaired) electrons. The monoisotopic (exact) mass is 404 g/mol. The van der Waals surface area contributed by atoms with Gasteiger partial charge in [-0.05, 0) is 50.1 Å². The summed E-state index contributed by atoms with van der Waals surface area (Å²) in [7, 11) is 1.53. The lowest BCUT2D eigenvalue weighted by atomic mass is 10.0. The van der Waals surface area contributed by atoms with Crippen molar-refractivity contribution in [3.05, 3.63) is 46.5 Å². The summed E-state index contributed by atoms with van der Waals surface area (Å²) in [6, 6.07) is 8.76. The van der Waals surface area contributed by atoms with E-state index in [0.717, 1.165) is 29.3 Å². The first-order valence-corrected chi connectivity index (χ1v) is 9.74. The summed E-state index contributed by atoms with van der Waals surface area (Å²) in [5.41, 5.74) is 2.35. The van der Waals surface area contributed by atoms with Crippen molar-refractivity contribution in [2.24, 2.45) is 0 Å². The van der Waals surface area contributed by atoms with E-state index in [2.05, 4.69) is 10.6 Å². The number of anilines is 1. The average Bonchev–Trinajstić information content (AvgIpc) is 2.69. The number of nitrogens with one attached hydrogen (secondary N) is 2. The van der Waals surface area contributed by atoms with Crippen molar-refractivity contribution >= 4 is 23.2 Å². The molecule has 7 heteroatoms. The first-order chi connectivity index (χ1) is 13.5. The van der Waals surface area contributed by atoms with Crippen LogP contribution < -0.4 is 24.8 Å². The zero-order chi connectivity index (χ0) is 20.1. The fourth-order valence-corrected chi connectivity index (χ4v) is 3.40. The van der Waals surface area contributed by atoms with E-state index in [-0.39, 0.29) is 11.9 Å². The molecule has 0 bridgehead atoms. The van der Waals surface area contributed by atoms with E-state index in [0.29, 0.717) is 36.0 Å². The average molecular weight is 405 g/mol. The number of fused-ring (bicyclic) bond motifs is 1. The summed E-state index contributed by atoms with van der Waals surface area (Å²) in [5, 5.41) is 6.81. The van der Waals surface area contributed by atoms with Gasteiger partial charge in [0, 0.05) is 17.6 Å². The molecule has 1 atom stereocenters. The largest absolute Gasteiger partial charge is 0.496 e. The van der Waals surface area contributed by atoms with Gasteiger partial charge in [0.05, 0.1) is 31.0 Å². The van der Waals surface area contributed by atoms with Crippen LogP contribution in [0.25, 0.3) is 0 Å². The summed E-state index contributed by atoms with van der Waals surface area (Å²) < 4.78 is 16.9. The molecule has 28 heavy (non-hydrogen) atoms. The van der Waals surface area contributed by atoms with Crippen molar-refractivity contribution in [3.8, 4) is 17.2 Å². The Morgan fingerprint density at radius 2 is 2.07 bits per heavy atom. The molecule has 2 aromatic rings. The highest BCUT2D eigenvalue weighted by atomic mass is 35.5. The van der Waals surface area contributed by atoms with Crippen LogP contribution in [-0.4, -0.2) is 38.8 Å². The summed E-state index contributed by atoms with van der Waals surface area (Å²) in [4.78, 5) is 12.7. The molecule has 2 N–H and O–H groups in total. The highest BCUT2D eigenvalue weighted by Crippen LogP contribution is 2.36. The van der Waals surface area contributed by atoms with Crippen molar-refractivity contribution in [2.45, 2.75) is 26.3 Å². The number of halogens is 1. The fraction of sp³-hybridized carbons (Fsp3) is 0.381. The maximum atomic E-state index is 12.7. The molecule has 1 aliphatic heterocycles. The number of carbonyl (C=O) groups is 1. The Kier molecular flexibility index (Phi) is 6.52. The third kappa shape index (κ3) is 4.44. The van der Waals surface area contributed by atoms with Gasteiger partial charge in [-0.1, -0.05) is 11.6 Å². The van der Waals surface area contributed by atoms with Crippen LogP contribution in [-0.2, 0) is 6.42 Å². The van der Waals surface area contributed by atoms with Crippen LogP contribution in [0.3, 0.4) is 0 Å². The van der Waals surface area contributed by atoms with Crippen LogP contribution in [0.1, 0.15) is 29.8 Å². The van der Waals surface area contributed by atoms with Crippen LogP contribution in [0.5, 0.6) is 17.2 Å². The Hall–Kier alpha value is -2.60. The van der Waals surface area contributed by atoms with E-state index < -0.39 is 0 Å². The summed E-state index contributed by atoms with van der Waals surface area (Å²) >= 11 is 6.04. The molecule has 1 unspecified atom stereocenters. The van der Waals surface area contributed by atoms with E-state index in [9.17, 15) is 4.79 Å². The van der Waals surface area contributed by atoms with Crippen molar-refractivity contribution in [1.29, 1.82) is 0 Å². The number of ether oxygens (including phenoxy) is 3. The zero-order valence-corrected chi connectivity index (χ0v) is 17.1. The van der Waals surface area contributed by atoms with Gasteiger partial charge in [0.15, 0.2) is 0 Å². The van der Waals surface area contributed by atoms with Gasteiger partial charge in [-0.2, -0.15) is 0 Å². The quantitative estimate of drug-likeness (QED) is 0.732. The minimum absolute atomic E-state index is 0.156. The third-order valence-electron chi connectivity index (χ3n) is 4.48. The molecule has 6 nitrogen and oxygen atoms in total. The van der Waals surface area contributed by atoms with E-state index in [1.807, 2.05) is 26.0 Å². The van der Waals surface area contributed by atoms with Crippen LogP contribution in [0, 0.1) is 0 Å². The maximum Gasteiger partial charge on any atom is 0.255 e. The summed E-state index contributed by atoms with van der Waals surface area (Å²) in [6.45, 7) is 5.73. The van der Waals surface area contributed by atoms with Gasteiger partial charge in [-0.25, -0.2) is 0 Å². The molecular formula is C21H25ClN2O4. The highest BCUT2D eigenvalue weighted by Gasteiger charge is 2.25. The standard InChI is InChI=1S/C21H25ClN2O4/c1-4-23-17-9-13-8-15(12-28-19(13)11-20(17)27-5-2)24-21(25)16-10-14(22)6-7-18(16)26-3/h6-7,9-11,15,23H,4-5,8,12H2,1-3H3,(H,24,25). The number of methoxy groups -OCH3 is 1. The zero-order valence-electron chi connectivity index (χ0n) is 16.3. The smallest absolute Gasteiger partial charge is 0.255 e. The molecule has 2 aromatic carbocycles. The summed E-state index contributed by atoms with van der Waals surface area (Å²) in [5.74, 6) is 1.80. The second-order valence-electron chi connectivity index (χ2n) is 6.45. The lowest BCUT2D eigenvalue weighted by Crippen LogP contribution is -2.42. The molecule has 0 saturated carbocycles. The van der Waals surface area contributed by atoms with Gasteiger partial charge in [0.2, 0.25) is 0 Å². The minimum Gasteiger partial charge on any atom is -0.496 e. The van der Waals surface area contributed by atoms with Crippen LogP contribution >= 0.6 is 11.6 Å². The number of benzene rings is 2. The summed E-state index contributed by atoms with van der Waals surface area (Å²) in [6.07, 6.45) is 0.661. The first kappa shape index (κ1) is 20.1. The lowest BCUT2D eigenvalue weighted by Gasteiger charge is -2.27. The maximum absolute atomic E-state index is 12.7. The van der Waals surface area contributed by atoms with Gasteiger partial charge in [-0.15, -0.1) is 0 Å². The van der Waals surface area contributed by atoms with E-state index in [4.69, 9.17) is 25.8 Å². The van der Waals surface area contributed by atoms with E-state index in [1.165, 1.54) is 7.11 Å². The van der Waals surface area contributed by atoms with E-state index in [1.54, 1.807) is 18.2 Å². The Morgan fingerprint density at radius 1 is 1.25 bits per heavy atom. The second-order valence-corrected chi connectivity index (χ2v) is 6.89. The molecular weight excluding hydrogens is 380 g/mol. The molecule has 150 valence electrons. The molecule has 1 heterocycles. The van der Waals surface area contributed by atoms with Gasteiger partial charge in [-0.3, -0.25) is 4.79 Å². The topological polar surface area (TPSA) is 68.8 Å². The molecule has 0 spiro atoms. The predicted molar refractivity (Wildman–Crippen MR) is 110 cm³/mol. The molecule has 1 amide bonds. The molecule has 0 aromatic heterocycles. The van der Waals surface area contributed by atoms with Crippen LogP contribution in [0.4, 0.5) is 5.69 Å². The molecule has 1 aliphatic rings. The van der Waals surface area contributed by atoms with Crippen LogP contribution in [0.2, 0.25) is 5.02 Å². The van der Waals surface area contributed by atoms with Gasteiger partial charge in [0.1, 0.15) is 23.9 Å². The number of rotatable bonds is 7. The van der Waals surface area contributed by atoms with Crippen molar-refractivity contribution in [3.63, 3.8) is 0 Å². The fourth-order valence-electron chi connectivity index (χ4n) is 3.23. The molecule has 0 aliphatic carbocycles. The number of hydrogen-bond acceptors (Lipinski definition) is 5. The number of amides is 1. The van der Waals surface area contributed by atoms with Crippen molar-refractivity contribution in [2.75, 3.05) is 32.2 Å². The Bertz CT molecular complexity index is 857.